The van der Waals surface area contributed by atoms with Crippen LogP contribution >= 0.6 is 0 Å². The lowest BCUT2D eigenvalue weighted by atomic mass is 10.1. The molecule has 1 aromatic carbocycles. The van der Waals surface area contributed by atoms with Gasteiger partial charge in [-0.3, -0.25) is 4.90 Å². The molecule has 1 aliphatic rings. The maximum Gasteiger partial charge on any atom is 0.134 e. The van der Waals surface area contributed by atoms with Crippen LogP contribution in [0, 0.1) is 0 Å². The zero-order valence-electron chi connectivity index (χ0n) is 11.4. The van der Waals surface area contributed by atoms with Gasteiger partial charge in [0, 0.05) is 37.6 Å². The number of para-hydroxylation sites is 1. The molecule has 2 aromatic rings. The van der Waals surface area contributed by atoms with E-state index in [4.69, 9.17) is 10.2 Å². The number of furan rings is 1. The van der Waals surface area contributed by atoms with E-state index < -0.39 is 0 Å². The van der Waals surface area contributed by atoms with Gasteiger partial charge in [0.2, 0.25) is 0 Å². The zero-order valence-corrected chi connectivity index (χ0v) is 11.4. The van der Waals surface area contributed by atoms with Gasteiger partial charge in [-0.05, 0) is 19.2 Å². The van der Waals surface area contributed by atoms with Crippen molar-refractivity contribution < 1.29 is 4.42 Å². The molecule has 0 radical (unpaired) electrons. The summed E-state index contributed by atoms with van der Waals surface area (Å²) in [4.78, 5) is 4.77. The molecule has 3 rings (SSSR count). The predicted molar refractivity (Wildman–Crippen MR) is 77.0 cm³/mol. The molecule has 1 saturated heterocycles. The normalized spacial score (nSPS) is 22.1. The topological polar surface area (TPSA) is 45.6 Å². The fraction of sp³-hybridized carbons (Fsp3) is 0.467. The molecule has 0 aliphatic carbocycles. The molecule has 0 saturated carbocycles. The van der Waals surface area contributed by atoms with E-state index in [0.29, 0.717) is 12.6 Å². The van der Waals surface area contributed by atoms with Crippen LogP contribution in [0.3, 0.4) is 0 Å². The molecule has 1 aromatic heterocycles. The third-order valence-corrected chi connectivity index (χ3v) is 3.92. The molecule has 102 valence electrons. The van der Waals surface area contributed by atoms with Gasteiger partial charge in [-0.2, -0.15) is 0 Å². The summed E-state index contributed by atoms with van der Waals surface area (Å²) in [5.41, 5.74) is 6.85. The van der Waals surface area contributed by atoms with E-state index in [-0.39, 0.29) is 0 Å². The van der Waals surface area contributed by atoms with Crippen LogP contribution in [0.5, 0.6) is 0 Å². The standard InChI is InChI=1S/C15H21N3O/c1-17-6-7-18(13(9-16)10-17)11-14-8-12-4-2-3-5-15(12)19-14/h2-5,8,13H,6-7,9-11,16H2,1H3. The summed E-state index contributed by atoms with van der Waals surface area (Å²) in [6.07, 6.45) is 0. The van der Waals surface area contributed by atoms with Crippen molar-refractivity contribution in [1.29, 1.82) is 0 Å². The first-order chi connectivity index (χ1) is 9.26. The first-order valence-electron chi connectivity index (χ1n) is 6.86. The Balaban J connectivity index is 1.76. The minimum absolute atomic E-state index is 0.423. The monoisotopic (exact) mass is 259 g/mol. The lowest BCUT2D eigenvalue weighted by Gasteiger charge is -2.39. The maximum atomic E-state index is 5.89. The van der Waals surface area contributed by atoms with Crippen molar-refractivity contribution in [2.24, 2.45) is 5.73 Å². The van der Waals surface area contributed by atoms with Crippen molar-refractivity contribution in [3.05, 3.63) is 36.1 Å². The Labute approximate surface area is 113 Å². The number of hydrogen-bond acceptors (Lipinski definition) is 4. The van der Waals surface area contributed by atoms with Gasteiger partial charge in [-0.1, -0.05) is 18.2 Å². The van der Waals surface area contributed by atoms with Crippen molar-refractivity contribution in [1.82, 2.24) is 9.80 Å². The van der Waals surface area contributed by atoms with Gasteiger partial charge in [0.1, 0.15) is 11.3 Å². The van der Waals surface area contributed by atoms with Crippen molar-refractivity contribution >= 4 is 11.0 Å². The number of nitrogens with two attached hydrogens (primary N) is 1. The molecule has 4 heteroatoms. The summed E-state index contributed by atoms with van der Waals surface area (Å²) in [6.45, 7) is 4.73. The quantitative estimate of drug-likeness (QED) is 0.907. The molecule has 0 spiro atoms. The van der Waals surface area contributed by atoms with Crippen LogP contribution in [-0.2, 0) is 6.54 Å². The lowest BCUT2D eigenvalue weighted by Crippen LogP contribution is -2.54. The highest BCUT2D eigenvalue weighted by Crippen LogP contribution is 2.21. The Hall–Kier alpha value is -1.36. The fourth-order valence-electron chi connectivity index (χ4n) is 2.79. The molecular weight excluding hydrogens is 238 g/mol. The van der Waals surface area contributed by atoms with Crippen LogP contribution in [0.2, 0.25) is 0 Å². The third-order valence-electron chi connectivity index (χ3n) is 3.92. The van der Waals surface area contributed by atoms with Gasteiger partial charge >= 0.3 is 0 Å². The molecule has 1 aliphatic heterocycles. The highest BCUT2D eigenvalue weighted by Gasteiger charge is 2.24. The van der Waals surface area contributed by atoms with E-state index >= 15 is 0 Å². The van der Waals surface area contributed by atoms with E-state index in [2.05, 4.69) is 29.0 Å². The highest BCUT2D eigenvalue weighted by molar-refractivity contribution is 5.77. The fourth-order valence-corrected chi connectivity index (χ4v) is 2.79. The Morgan fingerprint density at radius 2 is 2.16 bits per heavy atom. The SMILES string of the molecule is CN1CCN(Cc2cc3ccccc3o2)C(CN)C1. The van der Waals surface area contributed by atoms with Crippen molar-refractivity contribution in [3.8, 4) is 0 Å². The Morgan fingerprint density at radius 1 is 1.32 bits per heavy atom. The minimum atomic E-state index is 0.423. The second-order valence-corrected chi connectivity index (χ2v) is 5.37. The molecule has 2 heterocycles. The summed E-state index contributed by atoms with van der Waals surface area (Å²) >= 11 is 0. The largest absolute Gasteiger partial charge is 0.460 e. The van der Waals surface area contributed by atoms with Crippen molar-refractivity contribution in [3.63, 3.8) is 0 Å². The zero-order chi connectivity index (χ0) is 13.2. The first kappa shape index (κ1) is 12.7. The second kappa shape index (κ2) is 5.33. The summed E-state index contributed by atoms with van der Waals surface area (Å²) in [6, 6.07) is 10.7. The van der Waals surface area contributed by atoms with Crippen LogP contribution in [0.25, 0.3) is 11.0 Å². The van der Waals surface area contributed by atoms with E-state index in [1.807, 2.05) is 18.2 Å². The van der Waals surface area contributed by atoms with Crippen LogP contribution in [0.4, 0.5) is 0 Å². The van der Waals surface area contributed by atoms with E-state index in [9.17, 15) is 0 Å². The van der Waals surface area contributed by atoms with E-state index in [0.717, 1.165) is 37.5 Å². The Morgan fingerprint density at radius 3 is 2.95 bits per heavy atom. The number of hydrogen-bond donors (Lipinski definition) is 1. The van der Waals surface area contributed by atoms with Crippen LogP contribution in [0.15, 0.2) is 34.7 Å². The molecule has 1 atom stereocenters. The number of nitrogens with zero attached hydrogens (tertiary/aromatic N) is 2. The van der Waals surface area contributed by atoms with Crippen LogP contribution in [0.1, 0.15) is 5.76 Å². The molecule has 0 bridgehead atoms. The molecule has 19 heavy (non-hydrogen) atoms. The summed E-state index contributed by atoms with van der Waals surface area (Å²) in [5.74, 6) is 1.03. The van der Waals surface area contributed by atoms with Crippen molar-refractivity contribution in [2.75, 3.05) is 33.2 Å². The first-order valence-corrected chi connectivity index (χ1v) is 6.86. The average molecular weight is 259 g/mol. The predicted octanol–water partition coefficient (Wildman–Crippen LogP) is 1.51. The summed E-state index contributed by atoms with van der Waals surface area (Å²) < 4.78 is 5.89. The van der Waals surface area contributed by atoms with Gasteiger partial charge in [0.05, 0.1) is 6.54 Å². The van der Waals surface area contributed by atoms with Gasteiger partial charge < -0.3 is 15.1 Å². The third kappa shape index (κ3) is 2.66. The average Bonchev–Trinajstić information content (AvgIpc) is 2.83. The maximum absolute atomic E-state index is 5.89. The second-order valence-electron chi connectivity index (χ2n) is 5.37. The summed E-state index contributed by atoms with van der Waals surface area (Å²) in [5, 5.41) is 1.18. The molecule has 1 fully saturated rings. The molecule has 4 nitrogen and oxygen atoms in total. The van der Waals surface area contributed by atoms with Gasteiger partial charge in [-0.25, -0.2) is 0 Å². The Kier molecular flexibility index (Phi) is 3.55. The molecule has 0 amide bonds. The lowest BCUT2D eigenvalue weighted by molar-refractivity contribution is 0.0825. The molecule has 1 unspecified atom stereocenters. The van der Waals surface area contributed by atoms with Crippen LogP contribution in [-0.4, -0.2) is 49.1 Å². The molecular formula is C15H21N3O. The smallest absolute Gasteiger partial charge is 0.134 e. The number of rotatable bonds is 3. The van der Waals surface area contributed by atoms with E-state index in [1.54, 1.807) is 0 Å². The van der Waals surface area contributed by atoms with Crippen LogP contribution < -0.4 is 5.73 Å². The number of piperazine rings is 1. The van der Waals surface area contributed by atoms with Gasteiger partial charge in [-0.15, -0.1) is 0 Å². The van der Waals surface area contributed by atoms with Gasteiger partial charge in [0.25, 0.3) is 0 Å². The number of likely N-dealkylation sites (N-methyl/N-ethyl adjacent to an activating group) is 1. The number of benzene rings is 1. The highest BCUT2D eigenvalue weighted by atomic mass is 16.3. The summed E-state index contributed by atoms with van der Waals surface area (Å²) in [7, 11) is 2.15. The number of fused-ring (bicyclic) bond motifs is 1. The van der Waals surface area contributed by atoms with Gasteiger partial charge in [0.15, 0.2) is 0 Å². The van der Waals surface area contributed by atoms with Crippen molar-refractivity contribution in [2.45, 2.75) is 12.6 Å². The molecule has 2 N–H and O–H groups in total. The Bertz CT molecular complexity index is 518. The van der Waals surface area contributed by atoms with E-state index in [1.165, 1.54) is 5.39 Å². The minimum Gasteiger partial charge on any atom is -0.460 e.